The molecule has 72 valence electrons. The highest BCUT2D eigenvalue weighted by Gasteiger charge is 2.08. The van der Waals surface area contributed by atoms with E-state index in [1.807, 2.05) is 6.92 Å². The number of phenols is 1. The van der Waals surface area contributed by atoms with Crippen molar-refractivity contribution in [1.29, 1.82) is 0 Å². The fourth-order valence-electron chi connectivity index (χ4n) is 1.22. The first-order valence-electron chi connectivity index (χ1n) is 4.16. The lowest BCUT2D eigenvalue weighted by atomic mass is 10.1. The Morgan fingerprint density at radius 3 is 2.23 bits per heavy atom. The maximum atomic E-state index is 9.44. The van der Waals surface area contributed by atoms with Crippen molar-refractivity contribution in [3.63, 3.8) is 0 Å². The monoisotopic (exact) mass is 182 g/mol. The molecule has 0 fully saturated rings. The maximum Gasteiger partial charge on any atom is 0.161 e. The average Bonchev–Trinajstić information content (AvgIpc) is 2.17. The van der Waals surface area contributed by atoms with Crippen molar-refractivity contribution < 1.29 is 14.6 Å². The lowest BCUT2D eigenvalue weighted by Crippen LogP contribution is -1.92. The van der Waals surface area contributed by atoms with Gasteiger partial charge in [0.1, 0.15) is 5.75 Å². The molecule has 13 heavy (non-hydrogen) atoms. The maximum absolute atomic E-state index is 9.44. The molecule has 0 spiro atoms. The molecular formula is C10H14O3. The summed E-state index contributed by atoms with van der Waals surface area (Å²) in [5.74, 6) is 1.29. The first-order chi connectivity index (χ1) is 6.22. The highest BCUT2D eigenvalue weighted by Crippen LogP contribution is 2.33. The molecule has 1 N–H and O–H groups in total. The summed E-state index contributed by atoms with van der Waals surface area (Å²) < 4.78 is 10.1. The molecule has 0 aromatic heterocycles. The van der Waals surface area contributed by atoms with E-state index >= 15 is 0 Å². The number of rotatable bonds is 3. The number of aryl methyl sites for hydroxylation is 1. The quantitative estimate of drug-likeness (QED) is 0.776. The Morgan fingerprint density at radius 1 is 1.15 bits per heavy atom. The predicted octanol–water partition coefficient (Wildman–Crippen LogP) is 1.97. The number of ether oxygens (including phenoxy) is 2. The van der Waals surface area contributed by atoms with Gasteiger partial charge in [-0.3, -0.25) is 0 Å². The van der Waals surface area contributed by atoms with Gasteiger partial charge in [0.15, 0.2) is 11.5 Å². The van der Waals surface area contributed by atoms with E-state index in [2.05, 4.69) is 0 Å². The van der Waals surface area contributed by atoms with Gasteiger partial charge in [0.2, 0.25) is 0 Å². The van der Waals surface area contributed by atoms with Gasteiger partial charge in [-0.25, -0.2) is 0 Å². The average molecular weight is 182 g/mol. The minimum absolute atomic E-state index is 0.108. The van der Waals surface area contributed by atoms with Crippen LogP contribution in [0.2, 0.25) is 0 Å². The van der Waals surface area contributed by atoms with Gasteiger partial charge in [-0.15, -0.1) is 0 Å². The first-order valence-corrected chi connectivity index (χ1v) is 4.16. The van der Waals surface area contributed by atoms with Gasteiger partial charge in [-0.05, 0) is 18.1 Å². The van der Waals surface area contributed by atoms with Crippen LogP contribution < -0.4 is 9.47 Å². The predicted molar refractivity (Wildman–Crippen MR) is 50.6 cm³/mol. The summed E-state index contributed by atoms with van der Waals surface area (Å²) in [6.07, 6.45) is 0.847. The van der Waals surface area contributed by atoms with Crippen molar-refractivity contribution in [2.45, 2.75) is 13.3 Å². The molecule has 0 amide bonds. The molecule has 0 aliphatic carbocycles. The van der Waals surface area contributed by atoms with E-state index in [-0.39, 0.29) is 5.75 Å². The number of phenolic OH excluding ortho intramolecular Hbond substituents is 1. The molecule has 1 rings (SSSR count). The zero-order valence-corrected chi connectivity index (χ0v) is 8.13. The molecule has 0 bridgehead atoms. The molecule has 0 aliphatic heterocycles. The van der Waals surface area contributed by atoms with E-state index in [1.165, 1.54) is 7.11 Å². The zero-order valence-electron chi connectivity index (χ0n) is 8.13. The first kappa shape index (κ1) is 9.71. The molecule has 0 atom stereocenters. The summed E-state index contributed by atoms with van der Waals surface area (Å²) >= 11 is 0. The summed E-state index contributed by atoms with van der Waals surface area (Å²) in [5, 5.41) is 9.44. The Morgan fingerprint density at radius 2 is 1.77 bits per heavy atom. The molecule has 0 saturated heterocycles. The van der Waals surface area contributed by atoms with Gasteiger partial charge in [-0.1, -0.05) is 6.92 Å². The van der Waals surface area contributed by atoms with Crippen molar-refractivity contribution in [2.24, 2.45) is 0 Å². The second kappa shape index (κ2) is 4.03. The van der Waals surface area contributed by atoms with Crippen LogP contribution in [0.5, 0.6) is 17.2 Å². The van der Waals surface area contributed by atoms with Crippen molar-refractivity contribution in [1.82, 2.24) is 0 Å². The van der Waals surface area contributed by atoms with Gasteiger partial charge >= 0.3 is 0 Å². The van der Waals surface area contributed by atoms with E-state index in [9.17, 15) is 5.11 Å². The van der Waals surface area contributed by atoms with E-state index in [0.29, 0.717) is 11.5 Å². The van der Waals surface area contributed by atoms with Gasteiger partial charge in [0, 0.05) is 6.07 Å². The van der Waals surface area contributed by atoms with E-state index in [1.54, 1.807) is 19.2 Å². The van der Waals surface area contributed by atoms with E-state index in [0.717, 1.165) is 12.0 Å². The fraction of sp³-hybridized carbons (Fsp3) is 0.400. The normalized spacial score (nSPS) is 9.77. The Kier molecular flexibility index (Phi) is 3.01. The molecule has 3 nitrogen and oxygen atoms in total. The lowest BCUT2D eigenvalue weighted by molar-refractivity contribution is 0.364. The van der Waals surface area contributed by atoms with Gasteiger partial charge in [-0.2, -0.15) is 0 Å². The second-order valence-corrected chi connectivity index (χ2v) is 2.69. The minimum Gasteiger partial charge on any atom is -0.504 e. The number of methoxy groups -OCH3 is 2. The Balaban J connectivity index is 3.18. The largest absolute Gasteiger partial charge is 0.504 e. The molecule has 1 aromatic carbocycles. The number of hydrogen-bond acceptors (Lipinski definition) is 3. The van der Waals surface area contributed by atoms with Gasteiger partial charge in [0.25, 0.3) is 0 Å². The number of hydrogen-bond donors (Lipinski definition) is 1. The van der Waals surface area contributed by atoms with Crippen molar-refractivity contribution in [3.8, 4) is 17.2 Å². The Hall–Kier alpha value is -1.38. The molecular weight excluding hydrogens is 168 g/mol. The Bertz CT molecular complexity index is 294. The molecule has 0 unspecified atom stereocenters. The zero-order chi connectivity index (χ0) is 9.84. The van der Waals surface area contributed by atoms with Crippen molar-refractivity contribution in [2.75, 3.05) is 14.2 Å². The van der Waals surface area contributed by atoms with Crippen LogP contribution in [-0.4, -0.2) is 19.3 Å². The van der Waals surface area contributed by atoms with Crippen molar-refractivity contribution >= 4 is 0 Å². The third-order valence-corrected chi connectivity index (χ3v) is 1.96. The number of benzene rings is 1. The smallest absolute Gasteiger partial charge is 0.161 e. The van der Waals surface area contributed by atoms with Crippen LogP contribution in [0.25, 0.3) is 0 Å². The standard InChI is InChI=1S/C10H14O3/c1-4-7-5-10(13-3)8(11)6-9(7)12-2/h5-6,11H,4H2,1-3H3. The number of aromatic hydroxyl groups is 1. The molecule has 1 aromatic rings. The van der Waals surface area contributed by atoms with E-state index in [4.69, 9.17) is 9.47 Å². The summed E-state index contributed by atoms with van der Waals surface area (Å²) in [7, 11) is 3.11. The Labute approximate surface area is 77.9 Å². The van der Waals surface area contributed by atoms with Crippen LogP contribution >= 0.6 is 0 Å². The van der Waals surface area contributed by atoms with Crippen LogP contribution in [0.1, 0.15) is 12.5 Å². The van der Waals surface area contributed by atoms with Crippen LogP contribution in [0, 0.1) is 0 Å². The van der Waals surface area contributed by atoms with Crippen molar-refractivity contribution in [3.05, 3.63) is 17.7 Å². The molecule has 0 heterocycles. The third kappa shape index (κ3) is 1.86. The van der Waals surface area contributed by atoms with Crippen LogP contribution in [0.3, 0.4) is 0 Å². The topological polar surface area (TPSA) is 38.7 Å². The summed E-state index contributed by atoms with van der Waals surface area (Å²) in [6.45, 7) is 2.02. The van der Waals surface area contributed by atoms with E-state index < -0.39 is 0 Å². The lowest BCUT2D eigenvalue weighted by Gasteiger charge is -2.10. The highest BCUT2D eigenvalue weighted by molar-refractivity contribution is 5.49. The summed E-state index contributed by atoms with van der Waals surface area (Å²) in [5.41, 5.74) is 1.03. The summed E-state index contributed by atoms with van der Waals surface area (Å²) in [6, 6.07) is 3.35. The van der Waals surface area contributed by atoms with Crippen LogP contribution in [0.15, 0.2) is 12.1 Å². The molecule has 0 radical (unpaired) electrons. The van der Waals surface area contributed by atoms with Crippen LogP contribution in [-0.2, 0) is 6.42 Å². The van der Waals surface area contributed by atoms with Gasteiger partial charge < -0.3 is 14.6 Å². The third-order valence-electron chi connectivity index (χ3n) is 1.96. The van der Waals surface area contributed by atoms with Gasteiger partial charge in [0.05, 0.1) is 14.2 Å². The minimum atomic E-state index is 0.108. The summed E-state index contributed by atoms with van der Waals surface area (Å²) in [4.78, 5) is 0. The highest BCUT2D eigenvalue weighted by atomic mass is 16.5. The second-order valence-electron chi connectivity index (χ2n) is 2.69. The SMILES string of the molecule is CCc1cc(OC)c(O)cc1OC. The van der Waals surface area contributed by atoms with Crippen LogP contribution in [0.4, 0.5) is 0 Å². The molecule has 0 aliphatic rings. The molecule has 3 heteroatoms. The molecule has 0 saturated carbocycles. The fourth-order valence-corrected chi connectivity index (χ4v) is 1.22.